The Morgan fingerprint density at radius 1 is 1.14 bits per heavy atom. The van der Waals surface area contributed by atoms with Crippen molar-refractivity contribution in [1.29, 1.82) is 0 Å². The summed E-state index contributed by atoms with van der Waals surface area (Å²) < 4.78 is 16.8. The molecule has 1 aromatic carbocycles. The third-order valence-corrected chi connectivity index (χ3v) is 3.96. The second kappa shape index (κ2) is 5.69. The quantitative estimate of drug-likeness (QED) is 0.870. The van der Waals surface area contributed by atoms with Gasteiger partial charge in [-0.15, -0.1) is 0 Å². The first kappa shape index (κ1) is 15.9. The molecule has 0 bridgehead atoms. The van der Waals surface area contributed by atoms with Crippen molar-refractivity contribution in [1.82, 2.24) is 0 Å². The Morgan fingerprint density at radius 2 is 1.67 bits per heavy atom. The first-order chi connectivity index (χ1) is 9.75. The van der Waals surface area contributed by atoms with E-state index in [1.807, 2.05) is 39.8 Å². The van der Waals surface area contributed by atoms with E-state index < -0.39 is 13.2 Å². The molecular weight excluding hydrogens is 269 g/mol. The van der Waals surface area contributed by atoms with Crippen LogP contribution in [0.2, 0.25) is 0 Å². The minimum Gasteiger partial charge on any atom is -0.450 e. The van der Waals surface area contributed by atoms with Gasteiger partial charge in [0.25, 0.3) is 0 Å². The lowest BCUT2D eigenvalue weighted by molar-refractivity contribution is 0.00578. The van der Waals surface area contributed by atoms with Crippen LogP contribution in [0.15, 0.2) is 24.3 Å². The van der Waals surface area contributed by atoms with E-state index in [1.54, 1.807) is 19.1 Å². The predicted octanol–water partition coefficient (Wildman–Crippen LogP) is 2.55. The summed E-state index contributed by atoms with van der Waals surface area (Å²) in [6.45, 7) is 10.2. The van der Waals surface area contributed by atoms with Crippen LogP contribution in [-0.4, -0.2) is 31.0 Å². The molecule has 0 aliphatic carbocycles. The van der Waals surface area contributed by atoms with Crippen LogP contribution in [-0.2, 0) is 14.0 Å². The molecule has 1 saturated heterocycles. The van der Waals surface area contributed by atoms with Gasteiger partial charge in [0.15, 0.2) is 0 Å². The molecule has 1 fully saturated rings. The lowest BCUT2D eigenvalue weighted by Gasteiger charge is -2.32. The highest BCUT2D eigenvalue weighted by Gasteiger charge is 2.51. The van der Waals surface area contributed by atoms with Crippen molar-refractivity contribution in [3.05, 3.63) is 24.3 Å². The summed E-state index contributed by atoms with van der Waals surface area (Å²) in [5.41, 5.74) is 0.871. The third kappa shape index (κ3) is 3.39. The van der Waals surface area contributed by atoms with Gasteiger partial charge in [-0.1, -0.05) is 12.1 Å². The standard InChI is InChI=1S/C15H22BNO4/c1-6-19-13(18)17-12-9-7-11(8-10-12)16-20-14(2,3)15(4,5)21-16/h7-10H,6H2,1-5H3,(H,17,18). The predicted molar refractivity (Wildman–Crippen MR) is 82.8 cm³/mol. The lowest BCUT2D eigenvalue weighted by Crippen LogP contribution is -2.41. The van der Waals surface area contributed by atoms with Crippen LogP contribution in [0.1, 0.15) is 34.6 Å². The fraction of sp³-hybridized carbons (Fsp3) is 0.533. The Bertz CT molecular complexity index is 497. The zero-order valence-electron chi connectivity index (χ0n) is 13.2. The maximum absolute atomic E-state index is 11.3. The first-order valence-electron chi connectivity index (χ1n) is 7.14. The van der Waals surface area contributed by atoms with Crippen LogP contribution in [0.25, 0.3) is 0 Å². The summed E-state index contributed by atoms with van der Waals surface area (Å²) in [7, 11) is -0.397. The van der Waals surface area contributed by atoms with Crippen LogP contribution in [0.4, 0.5) is 10.5 Å². The van der Waals surface area contributed by atoms with Crippen molar-refractivity contribution in [3.63, 3.8) is 0 Å². The summed E-state index contributed by atoms with van der Waals surface area (Å²) in [5.74, 6) is 0. The maximum atomic E-state index is 11.3. The van der Waals surface area contributed by atoms with E-state index >= 15 is 0 Å². The van der Waals surface area contributed by atoms with Crippen LogP contribution < -0.4 is 10.8 Å². The molecule has 0 aromatic heterocycles. The van der Waals surface area contributed by atoms with Crippen molar-refractivity contribution in [2.75, 3.05) is 11.9 Å². The molecule has 1 aliphatic rings. The number of rotatable bonds is 3. The Hall–Kier alpha value is -1.53. The first-order valence-corrected chi connectivity index (χ1v) is 7.14. The molecular formula is C15H22BNO4. The molecule has 6 heteroatoms. The highest BCUT2D eigenvalue weighted by Crippen LogP contribution is 2.36. The number of anilines is 1. The molecule has 0 spiro atoms. The summed E-state index contributed by atoms with van der Waals surface area (Å²) in [5, 5.41) is 2.65. The van der Waals surface area contributed by atoms with Crippen LogP contribution >= 0.6 is 0 Å². The Morgan fingerprint density at radius 3 is 2.14 bits per heavy atom. The molecule has 21 heavy (non-hydrogen) atoms. The van der Waals surface area contributed by atoms with Crippen LogP contribution in [0, 0.1) is 0 Å². The van der Waals surface area contributed by atoms with E-state index in [9.17, 15) is 4.79 Å². The van der Waals surface area contributed by atoms with E-state index in [0.29, 0.717) is 12.3 Å². The molecule has 2 rings (SSSR count). The molecule has 1 aliphatic heterocycles. The van der Waals surface area contributed by atoms with Gasteiger partial charge in [0.05, 0.1) is 17.8 Å². The Kier molecular flexibility index (Phi) is 4.30. The monoisotopic (exact) mass is 291 g/mol. The lowest BCUT2D eigenvalue weighted by atomic mass is 9.79. The normalized spacial score (nSPS) is 19.4. The largest absolute Gasteiger partial charge is 0.494 e. The molecule has 0 saturated carbocycles. The number of carbonyl (C=O) groups is 1. The average molecular weight is 291 g/mol. The summed E-state index contributed by atoms with van der Waals surface area (Å²) in [6, 6.07) is 7.36. The van der Waals surface area contributed by atoms with Gasteiger partial charge in [-0.3, -0.25) is 5.32 Å². The molecule has 0 atom stereocenters. The van der Waals surface area contributed by atoms with Crippen molar-refractivity contribution in [3.8, 4) is 0 Å². The number of carbonyl (C=O) groups excluding carboxylic acids is 1. The Balaban J connectivity index is 2.05. The van der Waals surface area contributed by atoms with Gasteiger partial charge in [-0.25, -0.2) is 4.79 Å². The van der Waals surface area contributed by atoms with Crippen LogP contribution in [0.5, 0.6) is 0 Å². The smallest absolute Gasteiger partial charge is 0.450 e. The molecule has 1 aromatic rings. The average Bonchev–Trinajstić information content (AvgIpc) is 2.59. The SMILES string of the molecule is CCOC(=O)Nc1ccc(B2OC(C)(C)C(C)(C)O2)cc1. The second-order valence-electron chi connectivity index (χ2n) is 6.06. The van der Waals surface area contributed by atoms with Gasteiger partial charge < -0.3 is 14.0 Å². The number of nitrogens with one attached hydrogen (secondary N) is 1. The Labute approximate surface area is 126 Å². The highest BCUT2D eigenvalue weighted by atomic mass is 16.7. The zero-order valence-corrected chi connectivity index (χ0v) is 13.2. The topological polar surface area (TPSA) is 56.8 Å². The molecule has 1 amide bonds. The van der Waals surface area contributed by atoms with Gasteiger partial charge in [0, 0.05) is 5.69 Å². The molecule has 1 N–H and O–H groups in total. The fourth-order valence-electron chi connectivity index (χ4n) is 1.99. The molecule has 0 radical (unpaired) electrons. The van der Waals surface area contributed by atoms with Gasteiger partial charge in [-0.05, 0) is 52.2 Å². The molecule has 5 nitrogen and oxygen atoms in total. The van der Waals surface area contributed by atoms with Gasteiger partial charge in [0.1, 0.15) is 0 Å². The number of hydrogen-bond acceptors (Lipinski definition) is 4. The number of benzene rings is 1. The number of ether oxygens (including phenoxy) is 1. The molecule has 114 valence electrons. The summed E-state index contributed by atoms with van der Waals surface area (Å²) in [4.78, 5) is 11.3. The molecule has 1 heterocycles. The summed E-state index contributed by atoms with van der Waals surface area (Å²) in [6.07, 6.45) is -0.458. The van der Waals surface area contributed by atoms with E-state index in [2.05, 4.69) is 5.32 Å². The number of hydrogen-bond donors (Lipinski definition) is 1. The van der Waals surface area contributed by atoms with Crippen molar-refractivity contribution < 1.29 is 18.8 Å². The van der Waals surface area contributed by atoms with E-state index in [0.717, 1.165) is 5.46 Å². The van der Waals surface area contributed by atoms with Gasteiger partial charge >= 0.3 is 13.2 Å². The maximum Gasteiger partial charge on any atom is 0.494 e. The fourth-order valence-corrected chi connectivity index (χ4v) is 1.99. The van der Waals surface area contributed by atoms with E-state index in [-0.39, 0.29) is 11.2 Å². The van der Waals surface area contributed by atoms with E-state index in [4.69, 9.17) is 14.0 Å². The van der Waals surface area contributed by atoms with Crippen molar-refractivity contribution >= 4 is 24.4 Å². The summed E-state index contributed by atoms with van der Waals surface area (Å²) >= 11 is 0. The van der Waals surface area contributed by atoms with Gasteiger partial charge in [-0.2, -0.15) is 0 Å². The number of amides is 1. The van der Waals surface area contributed by atoms with Crippen molar-refractivity contribution in [2.24, 2.45) is 0 Å². The van der Waals surface area contributed by atoms with E-state index in [1.165, 1.54) is 0 Å². The highest BCUT2D eigenvalue weighted by molar-refractivity contribution is 6.62. The minimum absolute atomic E-state index is 0.345. The zero-order chi connectivity index (χ0) is 15.7. The second-order valence-corrected chi connectivity index (χ2v) is 6.06. The molecule has 0 unspecified atom stereocenters. The third-order valence-electron chi connectivity index (χ3n) is 3.96. The minimum atomic E-state index is -0.458. The van der Waals surface area contributed by atoms with Gasteiger partial charge in [0.2, 0.25) is 0 Å². The van der Waals surface area contributed by atoms with Crippen molar-refractivity contribution in [2.45, 2.75) is 45.8 Å². The van der Waals surface area contributed by atoms with Crippen LogP contribution in [0.3, 0.4) is 0 Å².